The topological polar surface area (TPSA) is 66.4 Å². The molecule has 0 aromatic heterocycles. The van der Waals surface area contributed by atoms with Crippen LogP contribution in [0, 0.1) is 5.82 Å². The molecule has 2 N–H and O–H groups in total. The molecule has 0 aliphatic heterocycles. The SMILES string of the molecule is CCCC[C@H](NC(=O)c1c(F)cccc1Cl)C(=O)O. The van der Waals surface area contributed by atoms with Crippen LogP contribution in [0.5, 0.6) is 0 Å². The Labute approximate surface area is 115 Å². The van der Waals surface area contributed by atoms with Gasteiger partial charge in [0.2, 0.25) is 0 Å². The number of rotatable bonds is 6. The molecule has 0 radical (unpaired) electrons. The van der Waals surface area contributed by atoms with Crippen LogP contribution in [-0.4, -0.2) is 23.0 Å². The molecule has 4 nitrogen and oxygen atoms in total. The number of unbranched alkanes of at least 4 members (excludes halogenated alkanes) is 1. The third-order valence-corrected chi connectivity index (χ3v) is 2.95. The van der Waals surface area contributed by atoms with Crippen molar-refractivity contribution in [1.82, 2.24) is 5.32 Å². The summed E-state index contributed by atoms with van der Waals surface area (Å²) in [4.78, 5) is 22.9. The minimum atomic E-state index is -1.14. The second kappa shape index (κ2) is 7.09. The van der Waals surface area contributed by atoms with E-state index in [9.17, 15) is 14.0 Å². The highest BCUT2D eigenvalue weighted by molar-refractivity contribution is 6.33. The van der Waals surface area contributed by atoms with E-state index in [-0.39, 0.29) is 10.6 Å². The molecule has 6 heteroatoms. The molecule has 0 heterocycles. The van der Waals surface area contributed by atoms with Crippen LogP contribution in [0.2, 0.25) is 5.02 Å². The molecular weight excluding hydrogens is 273 g/mol. The first kappa shape index (κ1) is 15.4. The van der Waals surface area contributed by atoms with Gasteiger partial charge in [-0.2, -0.15) is 0 Å². The number of hydrogen-bond donors (Lipinski definition) is 2. The molecule has 0 spiro atoms. The summed E-state index contributed by atoms with van der Waals surface area (Å²) in [6.45, 7) is 1.91. The Hall–Kier alpha value is -1.62. The van der Waals surface area contributed by atoms with Crippen LogP contribution in [0.3, 0.4) is 0 Å². The Bertz CT molecular complexity index is 459. The van der Waals surface area contributed by atoms with E-state index in [4.69, 9.17) is 16.7 Å². The van der Waals surface area contributed by atoms with Crippen molar-refractivity contribution in [2.45, 2.75) is 32.2 Å². The zero-order valence-corrected chi connectivity index (χ0v) is 11.2. The summed E-state index contributed by atoms with van der Waals surface area (Å²) < 4.78 is 13.5. The van der Waals surface area contributed by atoms with Crippen molar-refractivity contribution in [1.29, 1.82) is 0 Å². The summed E-state index contributed by atoms with van der Waals surface area (Å²) in [5, 5.41) is 11.2. The fourth-order valence-electron chi connectivity index (χ4n) is 1.61. The predicted molar refractivity (Wildman–Crippen MR) is 69.8 cm³/mol. The standard InChI is InChI=1S/C13H15ClFNO3/c1-2-3-7-10(13(18)19)16-12(17)11-8(14)5-4-6-9(11)15/h4-6,10H,2-3,7H2,1H3,(H,16,17)(H,18,19)/t10-/m0/s1. The van der Waals surface area contributed by atoms with Gasteiger partial charge in [-0.3, -0.25) is 4.79 Å². The highest BCUT2D eigenvalue weighted by atomic mass is 35.5. The third-order valence-electron chi connectivity index (χ3n) is 2.64. The number of benzene rings is 1. The molecule has 1 aromatic carbocycles. The van der Waals surface area contributed by atoms with Crippen molar-refractivity contribution in [3.63, 3.8) is 0 Å². The second-order valence-electron chi connectivity index (χ2n) is 4.10. The van der Waals surface area contributed by atoms with Gasteiger partial charge in [0.1, 0.15) is 11.9 Å². The maximum absolute atomic E-state index is 13.5. The van der Waals surface area contributed by atoms with E-state index >= 15 is 0 Å². The van der Waals surface area contributed by atoms with Crippen molar-refractivity contribution in [2.75, 3.05) is 0 Å². The molecule has 104 valence electrons. The number of amides is 1. The summed E-state index contributed by atoms with van der Waals surface area (Å²) >= 11 is 5.74. The van der Waals surface area contributed by atoms with Crippen molar-refractivity contribution >= 4 is 23.5 Å². The lowest BCUT2D eigenvalue weighted by molar-refractivity contribution is -0.139. The van der Waals surface area contributed by atoms with Crippen molar-refractivity contribution in [2.24, 2.45) is 0 Å². The molecule has 1 amide bonds. The zero-order chi connectivity index (χ0) is 14.4. The molecule has 0 bridgehead atoms. The number of carboxylic acids is 1. The average molecular weight is 288 g/mol. The van der Waals surface area contributed by atoms with Crippen LogP contribution in [0.1, 0.15) is 36.5 Å². The van der Waals surface area contributed by atoms with Gasteiger partial charge in [-0.1, -0.05) is 37.4 Å². The third kappa shape index (κ3) is 4.21. The Morgan fingerprint density at radius 1 is 1.47 bits per heavy atom. The summed E-state index contributed by atoms with van der Waals surface area (Å²) in [6.07, 6.45) is 1.76. The molecule has 0 aliphatic rings. The van der Waals surface area contributed by atoms with Gasteiger partial charge in [0.15, 0.2) is 0 Å². The molecular formula is C13H15ClFNO3. The first-order chi connectivity index (χ1) is 8.97. The molecule has 0 saturated carbocycles. The highest BCUT2D eigenvalue weighted by Crippen LogP contribution is 2.19. The van der Waals surface area contributed by atoms with Gasteiger partial charge in [-0.25, -0.2) is 9.18 Å². The van der Waals surface area contributed by atoms with E-state index < -0.39 is 23.7 Å². The van der Waals surface area contributed by atoms with E-state index in [0.717, 1.165) is 12.5 Å². The van der Waals surface area contributed by atoms with Gasteiger partial charge in [0, 0.05) is 0 Å². The minimum absolute atomic E-state index is 0.0443. The summed E-state index contributed by atoms with van der Waals surface area (Å²) in [5.41, 5.74) is -0.327. The van der Waals surface area contributed by atoms with E-state index in [1.54, 1.807) is 0 Å². The van der Waals surface area contributed by atoms with Gasteiger partial charge in [0.05, 0.1) is 10.6 Å². The molecule has 1 atom stereocenters. The first-order valence-electron chi connectivity index (χ1n) is 5.95. The second-order valence-corrected chi connectivity index (χ2v) is 4.51. The van der Waals surface area contributed by atoms with Gasteiger partial charge >= 0.3 is 5.97 Å². The van der Waals surface area contributed by atoms with Crippen LogP contribution in [-0.2, 0) is 4.79 Å². The number of aliphatic carboxylic acids is 1. The largest absolute Gasteiger partial charge is 0.480 e. The maximum atomic E-state index is 13.5. The number of carbonyl (C=O) groups excluding carboxylic acids is 1. The van der Waals surface area contributed by atoms with Crippen LogP contribution in [0.15, 0.2) is 18.2 Å². The number of carboxylic acid groups (broad SMARTS) is 1. The van der Waals surface area contributed by atoms with Gasteiger partial charge < -0.3 is 10.4 Å². The predicted octanol–water partition coefficient (Wildman–Crippen LogP) is 2.85. The van der Waals surface area contributed by atoms with Gasteiger partial charge in [-0.15, -0.1) is 0 Å². The zero-order valence-electron chi connectivity index (χ0n) is 10.5. The van der Waals surface area contributed by atoms with E-state index in [2.05, 4.69) is 5.32 Å². The Morgan fingerprint density at radius 2 is 2.16 bits per heavy atom. The Kier molecular flexibility index (Phi) is 5.76. The molecule has 0 fully saturated rings. The summed E-state index contributed by atoms with van der Waals surface area (Å²) in [5.74, 6) is -2.73. The fourth-order valence-corrected chi connectivity index (χ4v) is 1.86. The van der Waals surface area contributed by atoms with E-state index in [1.807, 2.05) is 6.92 Å². The number of nitrogens with one attached hydrogen (secondary N) is 1. The molecule has 1 rings (SSSR count). The van der Waals surface area contributed by atoms with Gasteiger partial charge in [0.25, 0.3) is 5.91 Å². The van der Waals surface area contributed by atoms with Crippen LogP contribution in [0.25, 0.3) is 0 Å². The molecule has 19 heavy (non-hydrogen) atoms. The van der Waals surface area contributed by atoms with Crippen molar-refractivity contribution in [3.8, 4) is 0 Å². The lowest BCUT2D eigenvalue weighted by atomic mass is 10.1. The average Bonchev–Trinajstić information content (AvgIpc) is 2.33. The lowest BCUT2D eigenvalue weighted by Gasteiger charge is -2.14. The summed E-state index contributed by atoms with van der Waals surface area (Å²) in [7, 11) is 0. The number of hydrogen-bond acceptors (Lipinski definition) is 2. The number of halogens is 2. The maximum Gasteiger partial charge on any atom is 0.326 e. The molecule has 0 unspecified atom stereocenters. The van der Waals surface area contributed by atoms with Crippen LogP contribution >= 0.6 is 11.6 Å². The molecule has 1 aromatic rings. The van der Waals surface area contributed by atoms with Crippen LogP contribution in [0.4, 0.5) is 4.39 Å². The molecule has 0 aliphatic carbocycles. The van der Waals surface area contributed by atoms with Crippen molar-refractivity contribution in [3.05, 3.63) is 34.6 Å². The van der Waals surface area contributed by atoms with E-state index in [1.165, 1.54) is 12.1 Å². The lowest BCUT2D eigenvalue weighted by Crippen LogP contribution is -2.41. The monoisotopic (exact) mass is 287 g/mol. The normalized spacial score (nSPS) is 11.9. The number of carbonyl (C=O) groups is 2. The quantitative estimate of drug-likeness (QED) is 0.845. The van der Waals surface area contributed by atoms with Crippen LogP contribution < -0.4 is 5.32 Å². The minimum Gasteiger partial charge on any atom is -0.480 e. The highest BCUT2D eigenvalue weighted by Gasteiger charge is 2.23. The van der Waals surface area contributed by atoms with Crippen molar-refractivity contribution < 1.29 is 19.1 Å². The smallest absolute Gasteiger partial charge is 0.326 e. The van der Waals surface area contributed by atoms with Gasteiger partial charge in [-0.05, 0) is 18.6 Å². The first-order valence-corrected chi connectivity index (χ1v) is 6.32. The Balaban J connectivity index is 2.85. The molecule has 0 saturated heterocycles. The Morgan fingerprint density at radius 3 is 2.68 bits per heavy atom. The fraction of sp³-hybridized carbons (Fsp3) is 0.385. The van der Waals surface area contributed by atoms with E-state index in [0.29, 0.717) is 12.8 Å². The summed E-state index contributed by atoms with van der Waals surface area (Å²) in [6, 6.07) is 2.81.